The van der Waals surface area contributed by atoms with E-state index in [0.717, 1.165) is 23.8 Å². The van der Waals surface area contributed by atoms with Crippen molar-refractivity contribution in [2.24, 2.45) is 0 Å². The minimum Gasteiger partial charge on any atom is -0.486 e. The molecule has 9 heteroatoms. The van der Waals surface area contributed by atoms with Crippen LogP contribution in [-0.4, -0.2) is 50.2 Å². The minimum atomic E-state index is -3.88. The molecule has 5 rings (SSSR count). The Bertz CT molecular complexity index is 1420. The molecule has 1 N–H and O–H groups in total. The second-order valence-electron chi connectivity index (χ2n) is 10.4. The van der Waals surface area contributed by atoms with Gasteiger partial charge in [0.1, 0.15) is 13.2 Å². The lowest BCUT2D eigenvalue weighted by Crippen LogP contribution is -2.38. The summed E-state index contributed by atoms with van der Waals surface area (Å²) in [6.45, 7) is 7.89. The van der Waals surface area contributed by atoms with Gasteiger partial charge in [0, 0.05) is 36.7 Å². The highest BCUT2D eigenvalue weighted by Crippen LogP contribution is 2.34. The lowest BCUT2D eigenvalue weighted by atomic mass is 9.87. The minimum absolute atomic E-state index is 0.0665. The summed E-state index contributed by atoms with van der Waals surface area (Å²) in [7, 11) is -3.88. The first-order valence-corrected chi connectivity index (χ1v) is 13.7. The lowest BCUT2D eigenvalue weighted by Gasteiger charge is -2.25. The molecule has 0 aliphatic carbocycles. The second-order valence-corrected chi connectivity index (χ2v) is 12.4. The van der Waals surface area contributed by atoms with Gasteiger partial charge in [-0.15, -0.1) is 0 Å². The topological polar surface area (TPSA) is 97.9 Å². The Morgan fingerprint density at radius 1 is 1.00 bits per heavy atom. The summed E-state index contributed by atoms with van der Waals surface area (Å²) < 4.78 is 46.0. The molecule has 0 spiro atoms. The van der Waals surface area contributed by atoms with Gasteiger partial charge in [-0.25, -0.2) is 8.42 Å². The highest BCUT2D eigenvalue weighted by atomic mass is 32.2. The molecule has 1 unspecified atom stereocenters. The molecule has 2 aliphatic heterocycles. The number of aromatic nitrogens is 1. The standard InChI is InChI=1S/C27H32N2O6S/c1-27(2,3)20-6-8-22(9-7-20)36(31,32)29(17-21-5-4-10-33-21)16-19-13-18-14-24-25(35-12-11-34-24)15-23(18)28-26(19)30/h6-9,13-15,21H,4-5,10-12,16-17H2,1-3H3,(H,28,30). The number of ether oxygens (including phenoxy) is 3. The van der Waals surface area contributed by atoms with Gasteiger partial charge in [0.25, 0.3) is 5.56 Å². The number of aromatic amines is 1. The molecule has 192 valence electrons. The van der Waals surface area contributed by atoms with E-state index in [1.807, 2.05) is 18.2 Å². The van der Waals surface area contributed by atoms with Crippen molar-refractivity contribution in [2.75, 3.05) is 26.4 Å². The summed E-state index contributed by atoms with van der Waals surface area (Å²) in [4.78, 5) is 16.1. The summed E-state index contributed by atoms with van der Waals surface area (Å²) in [5, 5.41) is 0.748. The molecular weight excluding hydrogens is 480 g/mol. The fourth-order valence-electron chi connectivity index (χ4n) is 4.63. The predicted octanol–water partition coefficient (Wildman–Crippen LogP) is 3.97. The molecule has 2 aromatic carbocycles. The third-order valence-electron chi connectivity index (χ3n) is 6.72. The van der Waals surface area contributed by atoms with Crippen molar-refractivity contribution in [2.45, 2.75) is 56.6 Å². The van der Waals surface area contributed by atoms with E-state index in [1.165, 1.54) is 4.31 Å². The van der Waals surface area contributed by atoms with Crippen molar-refractivity contribution in [3.63, 3.8) is 0 Å². The third-order valence-corrected chi connectivity index (χ3v) is 8.55. The highest BCUT2D eigenvalue weighted by molar-refractivity contribution is 7.89. The van der Waals surface area contributed by atoms with Crippen LogP contribution in [0.1, 0.15) is 44.7 Å². The Balaban J connectivity index is 1.50. The Morgan fingerprint density at radius 2 is 1.69 bits per heavy atom. The van der Waals surface area contributed by atoms with E-state index >= 15 is 0 Å². The van der Waals surface area contributed by atoms with Crippen molar-refractivity contribution < 1.29 is 22.6 Å². The molecule has 3 aromatic rings. The van der Waals surface area contributed by atoms with Crippen LogP contribution in [0.3, 0.4) is 0 Å². The number of hydrogen-bond donors (Lipinski definition) is 1. The number of benzene rings is 2. The van der Waals surface area contributed by atoms with Gasteiger partial charge in [-0.3, -0.25) is 4.79 Å². The van der Waals surface area contributed by atoms with E-state index < -0.39 is 10.0 Å². The predicted molar refractivity (Wildman–Crippen MR) is 137 cm³/mol. The molecule has 1 saturated heterocycles. The molecule has 0 saturated carbocycles. The Kier molecular flexibility index (Phi) is 6.57. The number of H-pyrrole nitrogens is 1. The average Bonchev–Trinajstić information content (AvgIpc) is 3.35. The van der Waals surface area contributed by atoms with Gasteiger partial charge in [-0.05, 0) is 48.1 Å². The quantitative estimate of drug-likeness (QED) is 0.537. The molecule has 8 nitrogen and oxygen atoms in total. The lowest BCUT2D eigenvalue weighted by molar-refractivity contribution is 0.0925. The number of pyridine rings is 1. The number of hydrogen-bond acceptors (Lipinski definition) is 6. The summed E-state index contributed by atoms with van der Waals surface area (Å²) >= 11 is 0. The van der Waals surface area contributed by atoms with Crippen LogP contribution in [0.2, 0.25) is 0 Å². The van der Waals surface area contributed by atoms with Gasteiger partial charge in [0.2, 0.25) is 10.0 Å². The molecule has 1 atom stereocenters. The third kappa shape index (κ3) is 5.00. The number of nitrogens with zero attached hydrogens (tertiary/aromatic N) is 1. The van der Waals surface area contributed by atoms with Crippen molar-refractivity contribution in [1.29, 1.82) is 0 Å². The number of rotatable bonds is 6. The average molecular weight is 513 g/mol. The molecule has 1 fully saturated rings. The van der Waals surface area contributed by atoms with Gasteiger partial charge in [-0.2, -0.15) is 4.31 Å². The maximum absolute atomic E-state index is 13.8. The van der Waals surface area contributed by atoms with Crippen molar-refractivity contribution >= 4 is 20.9 Å². The Labute approximate surface area is 211 Å². The normalized spacial score (nSPS) is 18.2. The van der Waals surface area contributed by atoms with Gasteiger partial charge < -0.3 is 19.2 Å². The van der Waals surface area contributed by atoms with Crippen LogP contribution in [0.15, 0.2) is 52.2 Å². The Hall–Kier alpha value is -2.88. The number of nitrogens with one attached hydrogen (secondary N) is 1. The first kappa shape index (κ1) is 24.8. The molecule has 0 bridgehead atoms. The van der Waals surface area contributed by atoms with Crippen LogP contribution in [0.4, 0.5) is 0 Å². The van der Waals surface area contributed by atoms with Crippen LogP contribution in [0.5, 0.6) is 11.5 Å². The molecule has 3 heterocycles. The maximum Gasteiger partial charge on any atom is 0.252 e. The smallest absolute Gasteiger partial charge is 0.252 e. The molecule has 0 radical (unpaired) electrons. The zero-order valence-electron chi connectivity index (χ0n) is 20.9. The van der Waals surface area contributed by atoms with E-state index in [0.29, 0.717) is 42.4 Å². The zero-order valence-corrected chi connectivity index (χ0v) is 21.7. The summed E-state index contributed by atoms with van der Waals surface area (Å²) in [5.74, 6) is 1.19. The fraction of sp³-hybridized carbons (Fsp3) is 0.444. The van der Waals surface area contributed by atoms with Crippen LogP contribution in [-0.2, 0) is 26.7 Å². The molecule has 0 amide bonds. The first-order valence-electron chi connectivity index (χ1n) is 12.3. The van der Waals surface area contributed by atoms with Gasteiger partial charge in [0.15, 0.2) is 11.5 Å². The zero-order chi connectivity index (χ0) is 25.5. The van der Waals surface area contributed by atoms with E-state index in [4.69, 9.17) is 14.2 Å². The summed E-state index contributed by atoms with van der Waals surface area (Å²) in [6.07, 6.45) is 1.47. The van der Waals surface area contributed by atoms with Crippen LogP contribution >= 0.6 is 0 Å². The monoisotopic (exact) mass is 512 g/mol. The van der Waals surface area contributed by atoms with Crippen LogP contribution < -0.4 is 15.0 Å². The van der Waals surface area contributed by atoms with E-state index in [2.05, 4.69) is 25.8 Å². The molecule has 1 aromatic heterocycles. The largest absolute Gasteiger partial charge is 0.486 e. The van der Waals surface area contributed by atoms with Crippen molar-refractivity contribution in [3.8, 4) is 11.5 Å². The summed E-state index contributed by atoms with van der Waals surface area (Å²) in [6, 6.07) is 12.3. The Morgan fingerprint density at radius 3 is 2.33 bits per heavy atom. The highest BCUT2D eigenvalue weighted by Gasteiger charge is 2.30. The fourth-order valence-corrected chi connectivity index (χ4v) is 6.08. The van der Waals surface area contributed by atoms with E-state index in [9.17, 15) is 13.2 Å². The molecule has 2 aliphatic rings. The van der Waals surface area contributed by atoms with Crippen molar-refractivity contribution in [3.05, 3.63) is 63.9 Å². The van der Waals surface area contributed by atoms with Gasteiger partial charge >= 0.3 is 0 Å². The number of sulfonamides is 1. The SMILES string of the molecule is CC(C)(C)c1ccc(S(=O)(=O)N(Cc2cc3cc4c(cc3[nH]c2=O)OCCO4)CC2CCCO2)cc1. The van der Waals surface area contributed by atoms with E-state index in [-0.39, 0.29) is 35.1 Å². The maximum atomic E-state index is 13.8. The van der Waals surface area contributed by atoms with Crippen molar-refractivity contribution in [1.82, 2.24) is 9.29 Å². The van der Waals surface area contributed by atoms with Crippen LogP contribution in [0, 0.1) is 0 Å². The second kappa shape index (κ2) is 9.53. The molecule has 36 heavy (non-hydrogen) atoms. The van der Waals surface area contributed by atoms with E-state index in [1.54, 1.807) is 24.3 Å². The summed E-state index contributed by atoms with van der Waals surface area (Å²) in [5.41, 5.74) is 1.58. The van der Waals surface area contributed by atoms with Crippen LogP contribution in [0.25, 0.3) is 10.9 Å². The van der Waals surface area contributed by atoms with Gasteiger partial charge in [-0.1, -0.05) is 32.9 Å². The molecular formula is C27H32N2O6S. The number of fused-ring (bicyclic) bond motifs is 2. The first-order chi connectivity index (χ1) is 17.1. The van der Waals surface area contributed by atoms with Gasteiger partial charge in [0.05, 0.1) is 16.5 Å².